The Morgan fingerprint density at radius 1 is 0.973 bits per heavy atom. The van der Waals surface area contributed by atoms with Crippen molar-refractivity contribution in [2.75, 3.05) is 62.8 Å². The summed E-state index contributed by atoms with van der Waals surface area (Å²) in [5.41, 5.74) is 3.27. The van der Waals surface area contributed by atoms with Crippen LogP contribution in [0.1, 0.15) is 12.0 Å². The first kappa shape index (κ1) is 23.6. The fourth-order valence-electron chi connectivity index (χ4n) is 4.80. The molecule has 3 fully saturated rings. The molecule has 3 aliphatic heterocycles. The molecule has 190 valence electrons. The highest BCUT2D eigenvalue weighted by atomic mass is 16.5. The number of aromatic nitrogens is 3. The van der Waals surface area contributed by atoms with Crippen molar-refractivity contribution in [1.82, 2.24) is 19.9 Å². The van der Waals surface area contributed by atoms with Gasteiger partial charge in [-0.05, 0) is 42.5 Å². The van der Waals surface area contributed by atoms with Gasteiger partial charge in [0, 0.05) is 49.5 Å². The molecular formula is C27H29N7O3. The zero-order valence-corrected chi connectivity index (χ0v) is 20.5. The van der Waals surface area contributed by atoms with E-state index in [0.717, 1.165) is 57.1 Å². The standard InChI is InChI=1S/C27H29N7O3/c28-14-20-13-19(1-6-25(20)37-24-7-12-35-17-24)26-29-18-30-27(32-26)31-21-2-4-22(5-3-21)33-8-10-34(11-9-33)23-15-36-16-23/h1-6,13,18,23-24H,7-12,15-17H2,(H,29,30,31,32)/t24-/m1/s1. The summed E-state index contributed by atoms with van der Waals surface area (Å²) in [6.07, 6.45) is 2.27. The second kappa shape index (κ2) is 10.7. The van der Waals surface area contributed by atoms with Crippen molar-refractivity contribution < 1.29 is 14.2 Å². The molecule has 0 unspecified atom stereocenters. The minimum Gasteiger partial charge on any atom is -0.487 e. The van der Waals surface area contributed by atoms with Gasteiger partial charge in [0.05, 0.1) is 38.0 Å². The summed E-state index contributed by atoms with van der Waals surface area (Å²) in [7, 11) is 0. The third-order valence-corrected chi connectivity index (χ3v) is 7.05. The topological polar surface area (TPSA) is 109 Å². The van der Waals surface area contributed by atoms with Crippen LogP contribution >= 0.6 is 0 Å². The van der Waals surface area contributed by atoms with Crippen molar-refractivity contribution in [1.29, 1.82) is 5.26 Å². The molecule has 3 saturated heterocycles. The number of hydrogen-bond donors (Lipinski definition) is 1. The van der Waals surface area contributed by atoms with Gasteiger partial charge in [-0.3, -0.25) is 4.90 Å². The lowest BCUT2D eigenvalue weighted by molar-refractivity contribution is -0.0660. The van der Waals surface area contributed by atoms with Gasteiger partial charge in [-0.1, -0.05) is 0 Å². The maximum Gasteiger partial charge on any atom is 0.230 e. The van der Waals surface area contributed by atoms with E-state index in [0.29, 0.717) is 42.3 Å². The van der Waals surface area contributed by atoms with E-state index in [1.807, 2.05) is 18.2 Å². The number of hydrogen-bond acceptors (Lipinski definition) is 10. The largest absolute Gasteiger partial charge is 0.487 e. The number of rotatable bonds is 7. The van der Waals surface area contributed by atoms with Crippen molar-refractivity contribution >= 4 is 17.3 Å². The SMILES string of the molecule is N#Cc1cc(-c2ncnc(Nc3ccc(N4CCN(C5COC5)CC4)cc3)n2)ccc1O[C@@H]1CCOC1. The minimum atomic E-state index is -0.0237. The molecule has 10 nitrogen and oxygen atoms in total. The normalized spacial score (nSPS) is 20.3. The Bertz CT molecular complexity index is 1260. The molecule has 6 rings (SSSR count). The number of nitrogens with one attached hydrogen (secondary N) is 1. The molecule has 0 spiro atoms. The number of ether oxygens (including phenoxy) is 3. The smallest absolute Gasteiger partial charge is 0.230 e. The van der Waals surface area contributed by atoms with E-state index < -0.39 is 0 Å². The maximum absolute atomic E-state index is 9.64. The van der Waals surface area contributed by atoms with Crippen molar-refractivity contribution in [3.05, 3.63) is 54.4 Å². The molecule has 0 amide bonds. The van der Waals surface area contributed by atoms with Gasteiger partial charge in [0.2, 0.25) is 5.95 Å². The molecule has 1 aromatic heterocycles. The van der Waals surface area contributed by atoms with Crippen LogP contribution in [0.3, 0.4) is 0 Å². The Kier molecular flexibility index (Phi) is 6.82. The van der Waals surface area contributed by atoms with Crippen LogP contribution in [-0.4, -0.2) is 84.6 Å². The lowest BCUT2D eigenvalue weighted by Crippen LogP contribution is -2.56. The van der Waals surface area contributed by atoms with E-state index in [9.17, 15) is 5.26 Å². The zero-order valence-electron chi connectivity index (χ0n) is 20.5. The van der Waals surface area contributed by atoms with Gasteiger partial charge in [-0.2, -0.15) is 10.2 Å². The first-order chi connectivity index (χ1) is 18.2. The highest BCUT2D eigenvalue weighted by Gasteiger charge is 2.28. The Hall–Kier alpha value is -3.78. The van der Waals surface area contributed by atoms with Gasteiger partial charge in [-0.15, -0.1) is 0 Å². The Morgan fingerprint density at radius 3 is 2.51 bits per heavy atom. The molecule has 4 heterocycles. The van der Waals surface area contributed by atoms with Crippen molar-refractivity contribution in [2.45, 2.75) is 18.6 Å². The lowest BCUT2D eigenvalue weighted by Gasteiger charge is -2.43. The van der Waals surface area contributed by atoms with E-state index in [1.165, 1.54) is 12.0 Å². The highest BCUT2D eigenvalue weighted by Crippen LogP contribution is 2.27. The molecule has 1 atom stereocenters. The number of nitrogens with zero attached hydrogens (tertiary/aromatic N) is 6. The summed E-state index contributed by atoms with van der Waals surface area (Å²) < 4.78 is 16.6. The second-order valence-corrected chi connectivity index (χ2v) is 9.45. The number of benzene rings is 2. The molecule has 2 aromatic carbocycles. The van der Waals surface area contributed by atoms with Gasteiger partial charge in [0.15, 0.2) is 5.82 Å². The Balaban J connectivity index is 1.10. The molecule has 1 N–H and O–H groups in total. The summed E-state index contributed by atoms with van der Waals surface area (Å²) in [5, 5.41) is 12.9. The van der Waals surface area contributed by atoms with E-state index in [2.05, 4.69) is 48.3 Å². The number of anilines is 3. The molecular weight excluding hydrogens is 470 g/mol. The summed E-state index contributed by atoms with van der Waals surface area (Å²) in [6.45, 7) is 7.13. The third kappa shape index (κ3) is 5.34. The summed E-state index contributed by atoms with van der Waals surface area (Å²) in [6, 6.07) is 16.5. The monoisotopic (exact) mass is 499 g/mol. The van der Waals surface area contributed by atoms with Crippen molar-refractivity contribution in [3.8, 4) is 23.2 Å². The maximum atomic E-state index is 9.64. The minimum absolute atomic E-state index is 0.0237. The van der Waals surface area contributed by atoms with Gasteiger partial charge >= 0.3 is 0 Å². The third-order valence-electron chi connectivity index (χ3n) is 7.05. The van der Waals surface area contributed by atoms with Gasteiger partial charge < -0.3 is 24.4 Å². The molecule has 0 saturated carbocycles. The fraction of sp³-hybridized carbons (Fsp3) is 0.407. The van der Waals surface area contributed by atoms with Crippen LogP contribution in [0.4, 0.5) is 17.3 Å². The fourth-order valence-corrected chi connectivity index (χ4v) is 4.80. The van der Waals surface area contributed by atoms with Crippen LogP contribution in [0.25, 0.3) is 11.4 Å². The highest BCUT2D eigenvalue weighted by molar-refractivity contribution is 5.64. The average Bonchev–Trinajstić information content (AvgIpc) is 3.42. The molecule has 3 aliphatic rings. The van der Waals surface area contributed by atoms with Crippen LogP contribution in [0.15, 0.2) is 48.8 Å². The first-order valence-electron chi connectivity index (χ1n) is 12.7. The molecule has 0 bridgehead atoms. The van der Waals surface area contributed by atoms with Crippen molar-refractivity contribution in [3.63, 3.8) is 0 Å². The van der Waals surface area contributed by atoms with Gasteiger partial charge in [-0.25, -0.2) is 9.97 Å². The van der Waals surface area contributed by atoms with Crippen LogP contribution in [-0.2, 0) is 9.47 Å². The number of nitriles is 1. The average molecular weight is 500 g/mol. The molecule has 3 aromatic rings. The van der Waals surface area contributed by atoms with Crippen LogP contribution in [0, 0.1) is 11.3 Å². The Labute approximate surface area is 215 Å². The molecule has 10 heteroatoms. The first-order valence-corrected chi connectivity index (χ1v) is 12.7. The molecule has 0 radical (unpaired) electrons. The van der Waals surface area contributed by atoms with Crippen LogP contribution in [0.2, 0.25) is 0 Å². The van der Waals surface area contributed by atoms with E-state index in [-0.39, 0.29) is 6.10 Å². The lowest BCUT2D eigenvalue weighted by atomic mass is 10.1. The van der Waals surface area contributed by atoms with Crippen molar-refractivity contribution in [2.24, 2.45) is 0 Å². The van der Waals surface area contributed by atoms with Gasteiger partial charge in [0.1, 0.15) is 24.3 Å². The predicted octanol–water partition coefficient (Wildman–Crippen LogP) is 2.84. The quantitative estimate of drug-likeness (QED) is 0.521. The predicted molar refractivity (Wildman–Crippen MR) is 138 cm³/mol. The van der Waals surface area contributed by atoms with Gasteiger partial charge in [0.25, 0.3) is 0 Å². The van der Waals surface area contributed by atoms with E-state index >= 15 is 0 Å². The number of piperazine rings is 1. The second-order valence-electron chi connectivity index (χ2n) is 9.45. The van der Waals surface area contributed by atoms with E-state index in [4.69, 9.17) is 14.2 Å². The van der Waals surface area contributed by atoms with Crippen LogP contribution < -0.4 is 15.0 Å². The Morgan fingerprint density at radius 2 is 1.81 bits per heavy atom. The zero-order chi connectivity index (χ0) is 25.0. The summed E-state index contributed by atoms with van der Waals surface area (Å²) in [4.78, 5) is 18.1. The molecule has 37 heavy (non-hydrogen) atoms. The molecule has 0 aliphatic carbocycles. The van der Waals surface area contributed by atoms with Crippen LogP contribution in [0.5, 0.6) is 5.75 Å². The van der Waals surface area contributed by atoms with E-state index in [1.54, 1.807) is 12.1 Å². The summed E-state index contributed by atoms with van der Waals surface area (Å²) >= 11 is 0. The summed E-state index contributed by atoms with van der Waals surface area (Å²) in [5.74, 6) is 1.47.